The molecule has 8 nitrogen and oxygen atoms in total. The molecule has 2 aromatic heterocycles. The van der Waals surface area contributed by atoms with Gasteiger partial charge in [0, 0.05) is 31.5 Å². The summed E-state index contributed by atoms with van der Waals surface area (Å²) in [6, 6.07) is 2.13. The highest BCUT2D eigenvalue weighted by Gasteiger charge is 2.35. The maximum Gasteiger partial charge on any atom is 0.262 e. The number of nitrogens with zero attached hydrogens (tertiary/aromatic N) is 6. The molecule has 1 aliphatic heterocycles. The Kier molecular flexibility index (Phi) is 3.95. The van der Waals surface area contributed by atoms with Crippen molar-refractivity contribution >= 4 is 10.0 Å². The molecule has 0 N–H and O–H groups in total. The van der Waals surface area contributed by atoms with Gasteiger partial charge in [0.25, 0.3) is 10.0 Å². The maximum atomic E-state index is 12.7. The molecule has 1 aliphatic rings. The van der Waals surface area contributed by atoms with E-state index in [-0.39, 0.29) is 17.1 Å². The van der Waals surface area contributed by atoms with Gasteiger partial charge in [0.2, 0.25) is 0 Å². The van der Waals surface area contributed by atoms with Gasteiger partial charge >= 0.3 is 0 Å². The number of hydrogen-bond donors (Lipinski definition) is 0. The molecule has 0 aromatic carbocycles. The fraction of sp³-hybridized carbons (Fsp3) is 0.500. The second kappa shape index (κ2) is 5.79. The predicted molar refractivity (Wildman–Crippen MR) is 82.0 cm³/mol. The summed E-state index contributed by atoms with van der Waals surface area (Å²) in [5.74, 6) is 0. The smallest absolute Gasteiger partial charge is 0.262 e. The third kappa shape index (κ3) is 2.87. The van der Waals surface area contributed by atoms with Gasteiger partial charge in [-0.2, -0.15) is 14.7 Å². The molecule has 122 valence electrons. The van der Waals surface area contributed by atoms with Crippen molar-refractivity contribution in [3.05, 3.63) is 30.5 Å². The van der Waals surface area contributed by atoms with Gasteiger partial charge in [0.15, 0.2) is 5.03 Å². The maximum absolute atomic E-state index is 12.7. The lowest BCUT2D eigenvalue weighted by atomic mass is 10.3. The van der Waals surface area contributed by atoms with E-state index < -0.39 is 10.0 Å². The van der Waals surface area contributed by atoms with E-state index in [9.17, 15) is 8.42 Å². The van der Waals surface area contributed by atoms with Gasteiger partial charge in [-0.25, -0.2) is 13.4 Å². The Morgan fingerprint density at radius 3 is 2.78 bits per heavy atom. The third-order valence-corrected chi connectivity index (χ3v) is 5.76. The van der Waals surface area contributed by atoms with Crippen molar-refractivity contribution in [2.75, 3.05) is 13.1 Å². The standard InChI is InChI=1S/C14H18N6O2S/c1-11(2)18-9-14(16-10-18)23(21,22)19-4-3-13(8-19)20-7-12(5-15)6-17-20/h6-7,9-11,13H,3-4,8H2,1-2H3. The summed E-state index contributed by atoms with van der Waals surface area (Å²) < 4.78 is 30.2. The average Bonchev–Trinajstić information content (AvgIpc) is 3.25. The van der Waals surface area contributed by atoms with Gasteiger partial charge in [-0.05, 0) is 20.3 Å². The van der Waals surface area contributed by atoms with Crippen molar-refractivity contribution < 1.29 is 8.42 Å². The van der Waals surface area contributed by atoms with Crippen molar-refractivity contribution in [2.45, 2.75) is 37.4 Å². The molecular formula is C14H18N6O2S. The largest absolute Gasteiger partial charge is 0.334 e. The first kappa shape index (κ1) is 15.7. The minimum atomic E-state index is -3.60. The first-order valence-corrected chi connectivity index (χ1v) is 8.83. The number of sulfonamides is 1. The Hall–Kier alpha value is -2.18. The number of hydrogen-bond acceptors (Lipinski definition) is 5. The van der Waals surface area contributed by atoms with Crippen LogP contribution in [0.3, 0.4) is 0 Å². The zero-order chi connectivity index (χ0) is 16.6. The summed E-state index contributed by atoms with van der Waals surface area (Å²) in [6.45, 7) is 4.69. The minimum Gasteiger partial charge on any atom is -0.334 e. The summed E-state index contributed by atoms with van der Waals surface area (Å²) in [7, 11) is -3.60. The van der Waals surface area contributed by atoms with Crippen LogP contribution in [0.15, 0.2) is 29.9 Å². The molecule has 1 saturated heterocycles. The Morgan fingerprint density at radius 1 is 1.39 bits per heavy atom. The van der Waals surface area contributed by atoms with Crippen LogP contribution in [0, 0.1) is 11.3 Å². The van der Waals surface area contributed by atoms with Crippen LogP contribution in [-0.4, -0.2) is 45.1 Å². The Bertz CT molecular complexity index is 845. The first-order chi connectivity index (χ1) is 10.9. The van der Waals surface area contributed by atoms with Gasteiger partial charge < -0.3 is 4.57 Å². The SMILES string of the molecule is CC(C)n1cnc(S(=O)(=O)N2CCC(n3cc(C#N)cn3)C2)c1. The van der Waals surface area contributed by atoms with Gasteiger partial charge in [0.05, 0.1) is 24.1 Å². The molecule has 9 heteroatoms. The average molecular weight is 334 g/mol. The topological polar surface area (TPSA) is 96.8 Å². The summed E-state index contributed by atoms with van der Waals surface area (Å²) >= 11 is 0. The highest BCUT2D eigenvalue weighted by Crippen LogP contribution is 2.26. The number of imidazole rings is 1. The molecule has 1 atom stereocenters. The summed E-state index contributed by atoms with van der Waals surface area (Å²) in [4.78, 5) is 4.04. The van der Waals surface area contributed by atoms with E-state index in [0.29, 0.717) is 25.1 Å². The lowest BCUT2D eigenvalue weighted by Crippen LogP contribution is -2.29. The van der Waals surface area contributed by atoms with Gasteiger partial charge in [0.1, 0.15) is 6.07 Å². The second-order valence-electron chi connectivity index (χ2n) is 5.88. The molecular weight excluding hydrogens is 316 g/mol. The molecule has 0 radical (unpaired) electrons. The molecule has 3 rings (SSSR count). The Morgan fingerprint density at radius 2 is 2.17 bits per heavy atom. The molecule has 1 unspecified atom stereocenters. The molecule has 0 saturated carbocycles. The van der Waals surface area contributed by atoms with Crippen molar-refractivity contribution in [1.29, 1.82) is 5.26 Å². The number of nitriles is 1. The summed E-state index contributed by atoms with van der Waals surface area (Å²) in [6.07, 6.45) is 6.90. The van der Waals surface area contributed by atoms with E-state index in [2.05, 4.69) is 10.1 Å². The Balaban J connectivity index is 1.78. The number of rotatable bonds is 4. The molecule has 0 spiro atoms. The zero-order valence-electron chi connectivity index (χ0n) is 13.0. The predicted octanol–water partition coefficient (Wildman–Crippen LogP) is 1.17. The van der Waals surface area contributed by atoms with Crippen LogP contribution >= 0.6 is 0 Å². The summed E-state index contributed by atoms with van der Waals surface area (Å²) in [5, 5.41) is 13.1. The van der Waals surface area contributed by atoms with E-state index in [1.165, 1.54) is 16.8 Å². The van der Waals surface area contributed by atoms with E-state index in [0.717, 1.165) is 0 Å². The van der Waals surface area contributed by atoms with Crippen LogP contribution in [0.5, 0.6) is 0 Å². The van der Waals surface area contributed by atoms with Crippen molar-refractivity contribution in [3.63, 3.8) is 0 Å². The molecule has 3 heterocycles. The molecule has 0 amide bonds. The summed E-state index contributed by atoms with van der Waals surface area (Å²) in [5.41, 5.74) is 0.474. The zero-order valence-corrected chi connectivity index (χ0v) is 13.8. The fourth-order valence-electron chi connectivity index (χ4n) is 2.61. The van der Waals surface area contributed by atoms with E-state index in [4.69, 9.17) is 5.26 Å². The fourth-order valence-corrected chi connectivity index (χ4v) is 4.02. The molecule has 0 bridgehead atoms. The monoisotopic (exact) mass is 334 g/mol. The lowest BCUT2D eigenvalue weighted by molar-refractivity contribution is 0.433. The second-order valence-corrected chi connectivity index (χ2v) is 7.76. The van der Waals surface area contributed by atoms with Crippen LogP contribution in [0.4, 0.5) is 0 Å². The third-order valence-electron chi connectivity index (χ3n) is 4.01. The van der Waals surface area contributed by atoms with Gasteiger partial charge in [-0.3, -0.25) is 4.68 Å². The highest BCUT2D eigenvalue weighted by molar-refractivity contribution is 7.89. The van der Waals surface area contributed by atoms with Gasteiger partial charge in [-0.15, -0.1) is 0 Å². The molecule has 23 heavy (non-hydrogen) atoms. The van der Waals surface area contributed by atoms with E-state index in [1.807, 2.05) is 19.9 Å². The van der Waals surface area contributed by atoms with Crippen LogP contribution in [0.1, 0.15) is 37.9 Å². The highest BCUT2D eigenvalue weighted by atomic mass is 32.2. The molecule has 1 fully saturated rings. The van der Waals surface area contributed by atoms with Crippen molar-refractivity contribution in [2.24, 2.45) is 0 Å². The van der Waals surface area contributed by atoms with Crippen molar-refractivity contribution in [3.8, 4) is 6.07 Å². The van der Waals surface area contributed by atoms with Gasteiger partial charge in [-0.1, -0.05) is 0 Å². The van der Waals surface area contributed by atoms with E-state index >= 15 is 0 Å². The van der Waals surface area contributed by atoms with Crippen LogP contribution < -0.4 is 0 Å². The van der Waals surface area contributed by atoms with Crippen LogP contribution in [0.2, 0.25) is 0 Å². The van der Waals surface area contributed by atoms with Crippen LogP contribution in [0.25, 0.3) is 0 Å². The molecule has 0 aliphatic carbocycles. The minimum absolute atomic E-state index is 0.0564. The molecule has 2 aromatic rings. The van der Waals surface area contributed by atoms with Crippen molar-refractivity contribution in [1.82, 2.24) is 23.6 Å². The normalized spacial score (nSPS) is 19.3. The van der Waals surface area contributed by atoms with E-state index in [1.54, 1.807) is 21.6 Å². The first-order valence-electron chi connectivity index (χ1n) is 7.39. The van der Waals surface area contributed by atoms with Crippen LogP contribution in [-0.2, 0) is 10.0 Å². The quantitative estimate of drug-likeness (QED) is 0.836. The lowest BCUT2D eigenvalue weighted by Gasteiger charge is -2.15. The number of aromatic nitrogens is 4. The Labute approximate surface area is 135 Å².